The molecular weight excluding hydrogens is 316 g/mol. The van der Waals surface area contributed by atoms with E-state index in [1.165, 1.54) is 5.56 Å². The highest BCUT2D eigenvalue weighted by atomic mass is 16.5. The van der Waals surface area contributed by atoms with Crippen molar-refractivity contribution in [1.29, 1.82) is 0 Å². The quantitative estimate of drug-likeness (QED) is 0.361. The molecule has 0 aliphatic rings. The van der Waals surface area contributed by atoms with Gasteiger partial charge in [0.25, 0.3) is 0 Å². The number of carbonyl (C=O) groups is 1. The van der Waals surface area contributed by atoms with Crippen molar-refractivity contribution in [3.05, 3.63) is 35.9 Å². The molecule has 6 heteroatoms. The van der Waals surface area contributed by atoms with Crippen LogP contribution in [0.1, 0.15) is 32.8 Å². The molecule has 3 N–H and O–H groups in total. The molecule has 0 atom stereocenters. The van der Waals surface area contributed by atoms with Gasteiger partial charge in [0, 0.05) is 25.7 Å². The monoisotopic (exact) mass is 348 g/mol. The Kier molecular flexibility index (Phi) is 9.62. The molecule has 0 bridgehead atoms. The standard InChI is InChI=1S/C19H32N4O2/c1-19(2,3)23-17(24)15-22-18(20-4)21-12-8-13-25-14-11-16-9-6-5-7-10-16/h5-7,9-10H,8,11-15H2,1-4H3,(H,23,24)(H2,20,21,22). The number of hydrogen-bond acceptors (Lipinski definition) is 3. The molecule has 0 aliphatic heterocycles. The van der Waals surface area contributed by atoms with E-state index in [4.69, 9.17) is 4.74 Å². The van der Waals surface area contributed by atoms with Crippen molar-refractivity contribution in [2.75, 3.05) is 33.4 Å². The van der Waals surface area contributed by atoms with Crippen LogP contribution in [0, 0.1) is 0 Å². The van der Waals surface area contributed by atoms with Gasteiger partial charge in [0.15, 0.2) is 5.96 Å². The maximum Gasteiger partial charge on any atom is 0.239 e. The van der Waals surface area contributed by atoms with E-state index in [2.05, 4.69) is 33.1 Å². The average Bonchev–Trinajstić information content (AvgIpc) is 2.56. The van der Waals surface area contributed by atoms with Crippen LogP contribution in [-0.2, 0) is 16.0 Å². The lowest BCUT2D eigenvalue weighted by atomic mass is 10.1. The summed E-state index contributed by atoms with van der Waals surface area (Å²) < 4.78 is 5.64. The minimum absolute atomic E-state index is 0.0558. The summed E-state index contributed by atoms with van der Waals surface area (Å²) in [5.41, 5.74) is 1.06. The molecule has 1 aromatic rings. The van der Waals surface area contributed by atoms with Crippen molar-refractivity contribution in [3.8, 4) is 0 Å². The number of rotatable bonds is 9. The first-order valence-electron chi connectivity index (χ1n) is 8.78. The fourth-order valence-electron chi connectivity index (χ4n) is 2.16. The van der Waals surface area contributed by atoms with Gasteiger partial charge in [-0.15, -0.1) is 0 Å². The number of amides is 1. The van der Waals surface area contributed by atoms with Gasteiger partial charge in [0.1, 0.15) is 0 Å². The molecule has 1 amide bonds. The summed E-state index contributed by atoms with van der Waals surface area (Å²) in [5.74, 6) is 0.563. The molecule has 0 fully saturated rings. The second-order valence-electron chi connectivity index (χ2n) is 6.85. The van der Waals surface area contributed by atoms with Gasteiger partial charge in [-0.1, -0.05) is 30.3 Å². The highest BCUT2D eigenvalue weighted by Gasteiger charge is 2.13. The summed E-state index contributed by atoms with van der Waals surface area (Å²) in [6.45, 7) is 8.23. The van der Waals surface area contributed by atoms with E-state index in [1.54, 1.807) is 7.05 Å². The maximum atomic E-state index is 11.8. The van der Waals surface area contributed by atoms with Crippen LogP contribution in [0.15, 0.2) is 35.3 Å². The number of hydrogen-bond donors (Lipinski definition) is 3. The fourth-order valence-corrected chi connectivity index (χ4v) is 2.16. The van der Waals surface area contributed by atoms with Crippen molar-refractivity contribution in [2.24, 2.45) is 4.99 Å². The normalized spacial score (nSPS) is 11.9. The number of ether oxygens (including phenoxy) is 1. The lowest BCUT2D eigenvalue weighted by molar-refractivity contribution is -0.121. The Morgan fingerprint density at radius 1 is 1.12 bits per heavy atom. The fraction of sp³-hybridized carbons (Fsp3) is 0.579. The summed E-state index contributed by atoms with van der Waals surface area (Å²) in [6, 6.07) is 10.3. The molecule has 0 unspecified atom stereocenters. The van der Waals surface area contributed by atoms with E-state index < -0.39 is 0 Å². The first kappa shape index (κ1) is 21.0. The highest BCUT2D eigenvalue weighted by Crippen LogP contribution is 1.99. The number of benzene rings is 1. The largest absolute Gasteiger partial charge is 0.381 e. The van der Waals surface area contributed by atoms with Crippen molar-refractivity contribution >= 4 is 11.9 Å². The molecule has 0 heterocycles. The zero-order chi connectivity index (χ0) is 18.5. The van der Waals surface area contributed by atoms with E-state index >= 15 is 0 Å². The second-order valence-corrected chi connectivity index (χ2v) is 6.85. The Hall–Kier alpha value is -2.08. The summed E-state index contributed by atoms with van der Waals surface area (Å²) in [7, 11) is 1.69. The third-order valence-electron chi connectivity index (χ3n) is 3.29. The van der Waals surface area contributed by atoms with Gasteiger partial charge in [0.05, 0.1) is 13.2 Å². The smallest absolute Gasteiger partial charge is 0.239 e. The van der Waals surface area contributed by atoms with Crippen LogP contribution < -0.4 is 16.0 Å². The van der Waals surface area contributed by atoms with E-state index in [0.29, 0.717) is 12.6 Å². The Bertz CT molecular complexity index is 524. The van der Waals surface area contributed by atoms with Crippen LogP contribution in [0.5, 0.6) is 0 Å². The molecule has 140 valence electrons. The molecule has 0 radical (unpaired) electrons. The first-order chi connectivity index (χ1) is 11.9. The molecule has 0 saturated heterocycles. The number of carbonyl (C=O) groups excluding carboxylic acids is 1. The van der Waals surface area contributed by atoms with Gasteiger partial charge < -0.3 is 20.7 Å². The van der Waals surface area contributed by atoms with Crippen LogP contribution in [0.4, 0.5) is 0 Å². The van der Waals surface area contributed by atoms with E-state index in [1.807, 2.05) is 39.0 Å². The predicted octanol–water partition coefficient (Wildman–Crippen LogP) is 1.72. The van der Waals surface area contributed by atoms with Crippen molar-refractivity contribution in [2.45, 2.75) is 39.2 Å². The van der Waals surface area contributed by atoms with E-state index in [-0.39, 0.29) is 18.0 Å². The Balaban J connectivity index is 2.06. The van der Waals surface area contributed by atoms with E-state index in [0.717, 1.165) is 26.0 Å². The van der Waals surface area contributed by atoms with Crippen LogP contribution >= 0.6 is 0 Å². The number of nitrogens with one attached hydrogen (secondary N) is 3. The highest BCUT2D eigenvalue weighted by molar-refractivity contribution is 5.86. The number of aliphatic imine (C=N–C) groups is 1. The lowest BCUT2D eigenvalue weighted by Gasteiger charge is -2.21. The molecule has 0 aromatic heterocycles. The van der Waals surface area contributed by atoms with Gasteiger partial charge in [-0.25, -0.2) is 0 Å². The Morgan fingerprint density at radius 2 is 1.84 bits per heavy atom. The summed E-state index contributed by atoms with van der Waals surface area (Å²) in [5, 5.41) is 9.07. The molecule has 1 aromatic carbocycles. The topological polar surface area (TPSA) is 74.8 Å². The summed E-state index contributed by atoms with van der Waals surface area (Å²) in [6.07, 6.45) is 1.81. The molecule has 6 nitrogen and oxygen atoms in total. The molecule has 0 saturated carbocycles. The van der Waals surface area contributed by atoms with Crippen molar-refractivity contribution < 1.29 is 9.53 Å². The minimum atomic E-state index is -0.229. The molecule has 0 aliphatic carbocycles. The predicted molar refractivity (Wildman–Crippen MR) is 103 cm³/mol. The number of guanidine groups is 1. The molecule has 1 rings (SSSR count). The average molecular weight is 348 g/mol. The van der Waals surface area contributed by atoms with Gasteiger partial charge >= 0.3 is 0 Å². The summed E-state index contributed by atoms with van der Waals surface area (Å²) in [4.78, 5) is 15.9. The molecule has 0 spiro atoms. The van der Waals surface area contributed by atoms with Crippen LogP contribution in [-0.4, -0.2) is 50.8 Å². The minimum Gasteiger partial charge on any atom is -0.381 e. The van der Waals surface area contributed by atoms with Gasteiger partial charge in [-0.2, -0.15) is 0 Å². The number of nitrogens with zero attached hydrogens (tertiary/aromatic N) is 1. The van der Waals surface area contributed by atoms with Gasteiger partial charge in [-0.3, -0.25) is 9.79 Å². The van der Waals surface area contributed by atoms with Crippen molar-refractivity contribution in [1.82, 2.24) is 16.0 Å². The third kappa shape index (κ3) is 11.2. The van der Waals surface area contributed by atoms with Gasteiger partial charge in [-0.05, 0) is 39.2 Å². The third-order valence-corrected chi connectivity index (χ3v) is 3.29. The zero-order valence-electron chi connectivity index (χ0n) is 15.9. The van der Waals surface area contributed by atoms with E-state index in [9.17, 15) is 4.79 Å². The molecular formula is C19H32N4O2. The maximum absolute atomic E-state index is 11.8. The summed E-state index contributed by atoms with van der Waals surface area (Å²) >= 11 is 0. The Morgan fingerprint density at radius 3 is 2.48 bits per heavy atom. The van der Waals surface area contributed by atoms with Crippen LogP contribution in [0.3, 0.4) is 0 Å². The van der Waals surface area contributed by atoms with Gasteiger partial charge in [0.2, 0.25) is 5.91 Å². The SMILES string of the molecule is CN=C(NCCCOCCc1ccccc1)NCC(=O)NC(C)(C)C. The lowest BCUT2D eigenvalue weighted by Crippen LogP contribution is -2.48. The second kappa shape index (κ2) is 11.5. The van der Waals surface area contributed by atoms with Crippen LogP contribution in [0.2, 0.25) is 0 Å². The van der Waals surface area contributed by atoms with Crippen molar-refractivity contribution in [3.63, 3.8) is 0 Å². The molecule has 25 heavy (non-hydrogen) atoms. The Labute approximate surface area is 151 Å². The first-order valence-corrected chi connectivity index (χ1v) is 8.78. The zero-order valence-corrected chi connectivity index (χ0v) is 15.9. The van der Waals surface area contributed by atoms with Crippen LogP contribution in [0.25, 0.3) is 0 Å².